The van der Waals surface area contributed by atoms with E-state index in [4.69, 9.17) is 0 Å². The largest absolute Gasteiger partial charge is 0.507 e. The number of hydrogen-bond acceptors (Lipinski definition) is 1. The number of halogens is 1. The maximum atomic E-state index is 10.3. The Morgan fingerprint density at radius 2 is 1.53 bits per heavy atom. The van der Waals surface area contributed by atoms with Crippen molar-refractivity contribution >= 4 is 15.9 Å². The minimum Gasteiger partial charge on any atom is -0.507 e. The third-order valence-electron chi connectivity index (χ3n) is 3.01. The molecular weight excluding hydrogens is 276 g/mol. The molecule has 0 atom stereocenters. The number of aromatic hydroxyl groups is 1. The van der Waals surface area contributed by atoms with Crippen molar-refractivity contribution in [3.63, 3.8) is 0 Å². The van der Waals surface area contributed by atoms with E-state index in [0.717, 1.165) is 11.1 Å². The second kappa shape index (κ2) is 4.64. The van der Waals surface area contributed by atoms with Gasteiger partial charge in [0.15, 0.2) is 0 Å². The fraction of sp³-hybridized carbons (Fsp3) is 0.600. The molecule has 0 saturated heterocycles. The van der Waals surface area contributed by atoms with Crippen molar-refractivity contribution in [1.29, 1.82) is 0 Å². The molecule has 1 aromatic carbocycles. The van der Waals surface area contributed by atoms with Gasteiger partial charge in [-0.2, -0.15) is 0 Å². The van der Waals surface area contributed by atoms with E-state index in [2.05, 4.69) is 69.6 Å². The molecule has 0 bridgehead atoms. The number of hydrogen-bond donors (Lipinski definition) is 1. The molecule has 96 valence electrons. The lowest BCUT2D eigenvalue weighted by molar-refractivity contribution is 0.440. The van der Waals surface area contributed by atoms with Gasteiger partial charge in [0.1, 0.15) is 5.75 Å². The SMILES string of the molecule is CC(C)(C)c1cc(CBr)c(O)c(C(C)(C)C)c1. The zero-order valence-electron chi connectivity index (χ0n) is 11.7. The first-order valence-corrected chi connectivity index (χ1v) is 7.12. The standard InChI is InChI=1S/C15H23BrO/c1-14(2,3)11-7-10(9-16)13(17)12(8-11)15(4,5)6/h7-8,17H,9H2,1-6H3. The zero-order valence-corrected chi connectivity index (χ0v) is 13.3. The van der Waals surface area contributed by atoms with Crippen LogP contribution in [-0.2, 0) is 16.2 Å². The van der Waals surface area contributed by atoms with Crippen LogP contribution in [0.4, 0.5) is 0 Å². The third kappa shape index (κ3) is 3.25. The summed E-state index contributed by atoms with van der Waals surface area (Å²) in [4.78, 5) is 0. The van der Waals surface area contributed by atoms with E-state index in [-0.39, 0.29) is 10.8 Å². The quantitative estimate of drug-likeness (QED) is 0.733. The lowest BCUT2D eigenvalue weighted by atomic mass is 9.79. The average Bonchev–Trinajstić information content (AvgIpc) is 2.14. The van der Waals surface area contributed by atoms with Gasteiger partial charge in [-0.1, -0.05) is 69.6 Å². The van der Waals surface area contributed by atoms with Gasteiger partial charge in [-0.25, -0.2) is 0 Å². The molecule has 0 fully saturated rings. The van der Waals surface area contributed by atoms with E-state index in [1.54, 1.807) is 0 Å². The van der Waals surface area contributed by atoms with Crippen LogP contribution in [0.15, 0.2) is 12.1 Å². The van der Waals surface area contributed by atoms with E-state index in [0.29, 0.717) is 11.1 Å². The van der Waals surface area contributed by atoms with Gasteiger partial charge >= 0.3 is 0 Å². The molecule has 0 aliphatic carbocycles. The minimum absolute atomic E-state index is 0.0394. The van der Waals surface area contributed by atoms with Crippen molar-refractivity contribution < 1.29 is 5.11 Å². The molecule has 0 amide bonds. The monoisotopic (exact) mass is 298 g/mol. The lowest BCUT2D eigenvalue weighted by Crippen LogP contribution is -2.17. The third-order valence-corrected chi connectivity index (χ3v) is 3.61. The van der Waals surface area contributed by atoms with Crippen LogP contribution >= 0.6 is 15.9 Å². The van der Waals surface area contributed by atoms with Gasteiger partial charge in [-0.05, 0) is 22.0 Å². The fourth-order valence-corrected chi connectivity index (χ4v) is 2.23. The molecule has 0 aliphatic heterocycles. The maximum Gasteiger partial charge on any atom is 0.123 e. The van der Waals surface area contributed by atoms with Gasteiger partial charge in [0.25, 0.3) is 0 Å². The summed E-state index contributed by atoms with van der Waals surface area (Å²) in [6.45, 7) is 13.0. The predicted molar refractivity (Wildman–Crippen MR) is 78.1 cm³/mol. The molecule has 0 heterocycles. The maximum absolute atomic E-state index is 10.3. The van der Waals surface area contributed by atoms with Gasteiger partial charge < -0.3 is 5.11 Å². The number of phenols is 1. The van der Waals surface area contributed by atoms with Crippen molar-refractivity contribution in [2.24, 2.45) is 0 Å². The van der Waals surface area contributed by atoms with E-state index in [1.807, 2.05) is 0 Å². The lowest BCUT2D eigenvalue weighted by Gasteiger charge is -2.27. The second-order valence-electron chi connectivity index (χ2n) is 6.67. The summed E-state index contributed by atoms with van der Waals surface area (Å²) < 4.78 is 0. The van der Waals surface area contributed by atoms with Crippen LogP contribution in [0.1, 0.15) is 58.2 Å². The van der Waals surface area contributed by atoms with Crippen molar-refractivity contribution in [2.45, 2.75) is 57.7 Å². The Labute approximate surface area is 113 Å². The van der Waals surface area contributed by atoms with E-state index < -0.39 is 0 Å². The van der Waals surface area contributed by atoms with Gasteiger partial charge in [-0.15, -0.1) is 0 Å². The van der Waals surface area contributed by atoms with E-state index >= 15 is 0 Å². The van der Waals surface area contributed by atoms with Crippen molar-refractivity contribution in [1.82, 2.24) is 0 Å². The predicted octanol–water partition coefficient (Wildman–Crippen LogP) is 4.88. The van der Waals surface area contributed by atoms with Crippen molar-refractivity contribution in [3.05, 3.63) is 28.8 Å². The molecule has 0 aromatic heterocycles. The smallest absolute Gasteiger partial charge is 0.123 e. The molecule has 2 heteroatoms. The Morgan fingerprint density at radius 3 is 1.88 bits per heavy atom. The summed E-state index contributed by atoms with van der Waals surface area (Å²) >= 11 is 3.45. The molecule has 0 unspecified atom stereocenters. The molecule has 1 rings (SSSR count). The summed E-state index contributed by atoms with van der Waals surface area (Å²) in [7, 11) is 0. The average molecular weight is 299 g/mol. The first-order chi connectivity index (χ1) is 7.57. The molecule has 0 spiro atoms. The summed E-state index contributed by atoms with van der Waals surface area (Å²) in [6, 6.07) is 4.24. The van der Waals surface area contributed by atoms with Crippen LogP contribution in [-0.4, -0.2) is 5.11 Å². The molecule has 17 heavy (non-hydrogen) atoms. The highest BCUT2D eigenvalue weighted by Crippen LogP contribution is 2.38. The van der Waals surface area contributed by atoms with Crippen LogP contribution in [0.5, 0.6) is 5.75 Å². The number of phenolic OH excluding ortho intramolecular Hbond substituents is 1. The van der Waals surface area contributed by atoms with Gasteiger partial charge in [0.05, 0.1) is 0 Å². The Hall–Kier alpha value is -0.500. The van der Waals surface area contributed by atoms with Gasteiger partial charge in [0.2, 0.25) is 0 Å². The van der Waals surface area contributed by atoms with Crippen LogP contribution in [0.2, 0.25) is 0 Å². The topological polar surface area (TPSA) is 20.2 Å². The van der Waals surface area contributed by atoms with Crippen molar-refractivity contribution in [3.8, 4) is 5.75 Å². The fourth-order valence-electron chi connectivity index (χ4n) is 1.80. The highest BCUT2D eigenvalue weighted by Gasteiger charge is 2.24. The molecule has 1 N–H and O–H groups in total. The van der Waals surface area contributed by atoms with Gasteiger partial charge in [-0.3, -0.25) is 0 Å². The molecule has 0 radical (unpaired) electrons. The molecule has 0 aliphatic rings. The number of rotatable bonds is 1. The molecule has 0 saturated carbocycles. The van der Waals surface area contributed by atoms with Crippen LogP contribution in [0.25, 0.3) is 0 Å². The molecular formula is C15H23BrO. The number of alkyl halides is 1. The summed E-state index contributed by atoms with van der Waals surface area (Å²) in [5.41, 5.74) is 3.34. The number of benzene rings is 1. The Morgan fingerprint density at radius 1 is 1.00 bits per heavy atom. The summed E-state index contributed by atoms with van der Waals surface area (Å²) in [5.74, 6) is 0.433. The van der Waals surface area contributed by atoms with Gasteiger partial charge in [0, 0.05) is 10.9 Å². The molecule has 1 nitrogen and oxygen atoms in total. The Balaban J connectivity index is 3.50. The minimum atomic E-state index is -0.0394. The van der Waals surface area contributed by atoms with E-state index in [1.165, 1.54) is 5.56 Å². The Kier molecular flexibility index (Phi) is 3.97. The summed E-state index contributed by atoms with van der Waals surface area (Å²) in [5, 5.41) is 11.0. The highest BCUT2D eigenvalue weighted by molar-refractivity contribution is 9.08. The molecule has 1 aromatic rings. The van der Waals surface area contributed by atoms with E-state index in [9.17, 15) is 5.11 Å². The highest BCUT2D eigenvalue weighted by atomic mass is 79.9. The Bertz CT molecular complexity index is 408. The van der Waals surface area contributed by atoms with Crippen LogP contribution in [0.3, 0.4) is 0 Å². The second-order valence-corrected chi connectivity index (χ2v) is 7.23. The first-order valence-electron chi connectivity index (χ1n) is 6.00. The zero-order chi connectivity index (χ0) is 13.4. The first kappa shape index (κ1) is 14.6. The van der Waals surface area contributed by atoms with Crippen molar-refractivity contribution in [2.75, 3.05) is 0 Å². The van der Waals surface area contributed by atoms with Crippen LogP contribution in [0, 0.1) is 0 Å². The summed E-state index contributed by atoms with van der Waals surface area (Å²) in [6.07, 6.45) is 0. The normalized spacial score (nSPS) is 12.9. The van der Waals surface area contributed by atoms with Crippen LogP contribution < -0.4 is 0 Å².